The number of hydrogen-bond acceptors (Lipinski definition) is 8. The molecular weight excluding hydrogens is 514 g/mol. The van der Waals surface area contributed by atoms with E-state index in [2.05, 4.69) is 5.32 Å². The summed E-state index contributed by atoms with van der Waals surface area (Å²) in [6.07, 6.45) is -11.8. The van der Waals surface area contributed by atoms with Gasteiger partial charge in [0.25, 0.3) is 0 Å². The number of likely N-dealkylation sites (N-methyl/N-ethyl adjacent to an activating group) is 1. The molecule has 3 aromatic carbocycles. The highest BCUT2D eigenvalue weighted by molar-refractivity contribution is 5.98. The molecule has 5 atom stereocenters. The van der Waals surface area contributed by atoms with E-state index in [1.165, 1.54) is 12.1 Å². The second-order valence-corrected chi connectivity index (χ2v) is 9.09. The Hall–Kier alpha value is -3.73. The average Bonchev–Trinajstić information content (AvgIpc) is 3.00. The Labute approximate surface area is 240 Å². The van der Waals surface area contributed by atoms with Crippen molar-refractivity contribution in [1.29, 1.82) is 0 Å². The number of carboxylic acid groups (broad SMARTS) is 1. The van der Waals surface area contributed by atoms with Crippen LogP contribution >= 0.6 is 0 Å². The molecule has 9 heteroatoms. The van der Waals surface area contributed by atoms with Crippen LogP contribution in [0.15, 0.2) is 78.9 Å². The number of nitrogens with one attached hydrogen (secondary N) is 1. The maximum atomic E-state index is 11.5. The lowest BCUT2D eigenvalue weighted by Gasteiger charge is -2.38. The number of aliphatic carboxylic acids is 1. The second kappa shape index (κ2) is 13.6. The van der Waals surface area contributed by atoms with Crippen molar-refractivity contribution in [2.75, 3.05) is 20.2 Å². The van der Waals surface area contributed by atoms with Crippen LogP contribution in [0.5, 0.6) is 11.5 Å². The molecule has 1 heterocycles. The molecule has 1 fully saturated rings. The largest absolute Gasteiger partial charge is 0.492 e. The van der Waals surface area contributed by atoms with Crippen LogP contribution in [0.25, 0.3) is 11.1 Å². The molecule has 9 nitrogen and oxygen atoms in total. The van der Waals surface area contributed by atoms with Gasteiger partial charge in [-0.3, -0.25) is 0 Å². The lowest BCUT2D eigenvalue weighted by Crippen LogP contribution is -2.61. The van der Waals surface area contributed by atoms with Crippen molar-refractivity contribution in [3.63, 3.8) is 0 Å². The zero-order valence-electron chi connectivity index (χ0n) is 26.7. The highest BCUT2D eigenvalue weighted by Crippen LogP contribution is 2.36. The molecule has 1 aliphatic rings. The summed E-state index contributed by atoms with van der Waals surface area (Å²) in [5.41, 5.74) is 1.49. The molecule has 1 aliphatic heterocycles. The molecule has 0 amide bonds. The van der Waals surface area contributed by atoms with Gasteiger partial charge in [0.05, 0.1) is 0 Å². The average molecular weight is 555 g/mol. The molecule has 1 saturated heterocycles. The van der Waals surface area contributed by atoms with Crippen LogP contribution in [0.1, 0.15) is 36.8 Å². The molecule has 0 spiro atoms. The molecule has 0 bridgehead atoms. The Bertz CT molecular complexity index is 1470. The summed E-state index contributed by atoms with van der Waals surface area (Å²) in [7, 11) is 1.80. The standard InChI is InChI=1S/C31H35NO8/c1-3-24(19-7-5-4-6-8-19)25(20-9-13-22(14-10-20)38-18-17-32-2)21-11-15-23(16-12-21)39-31-28(35)26(33)27(34)29(40-31)30(36)37/h4-16,26-29,31-35H,3,17-18H2,1-2H3,(H,36,37)/b25-24+/t26-,27-,28+,29-,31+/m0/s1/i1D3,3D2. The van der Waals surface area contributed by atoms with Gasteiger partial charge in [-0.15, -0.1) is 0 Å². The minimum absolute atomic E-state index is 0.0759. The summed E-state index contributed by atoms with van der Waals surface area (Å²) in [6, 6.07) is 21.2. The molecule has 0 radical (unpaired) electrons. The van der Waals surface area contributed by atoms with Crippen molar-refractivity contribution >= 4 is 17.1 Å². The molecule has 212 valence electrons. The van der Waals surface area contributed by atoms with Crippen LogP contribution in [0, 0.1) is 0 Å². The Morgan fingerprint density at radius 2 is 1.52 bits per heavy atom. The van der Waals surface area contributed by atoms with Crippen LogP contribution in [0.3, 0.4) is 0 Å². The maximum absolute atomic E-state index is 11.5. The number of rotatable bonds is 11. The van der Waals surface area contributed by atoms with E-state index in [4.69, 9.17) is 21.1 Å². The molecule has 0 unspecified atom stereocenters. The lowest BCUT2D eigenvalue weighted by atomic mass is 9.88. The van der Waals surface area contributed by atoms with Gasteiger partial charge in [-0.05, 0) is 65.5 Å². The molecule has 3 aromatic rings. The number of aliphatic hydroxyl groups excluding tert-OH is 3. The summed E-state index contributed by atoms with van der Waals surface area (Å²) < 4.78 is 58.5. The predicted molar refractivity (Wildman–Crippen MR) is 150 cm³/mol. The van der Waals surface area contributed by atoms with E-state index in [1.54, 1.807) is 73.8 Å². The first-order valence-corrected chi connectivity index (χ1v) is 12.6. The molecular formula is C31H35NO8. The highest BCUT2D eigenvalue weighted by atomic mass is 16.7. The quantitative estimate of drug-likeness (QED) is 0.179. The summed E-state index contributed by atoms with van der Waals surface area (Å²) in [6.45, 7) is -2.00. The van der Waals surface area contributed by atoms with Crippen LogP contribution in [-0.4, -0.2) is 77.3 Å². The lowest BCUT2D eigenvalue weighted by molar-refractivity contribution is -0.271. The van der Waals surface area contributed by atoms with Crippen molar-refractivity contribution in [3.05, 3.63) is 95.6 Å². The second-order valence-electron chi connectivity index (χ2n) is 9.09. The van der Waals surface area contributed by atoms with Crippen LogP contribution in [0.4, 0.5) is 0 Å². The van der Waals surface area contributed by atoms with Gasteiger partial charge in [0.15, 0.2) is 6.10 Å². The predicted octanol–water partition coefficient (Wildman–Crippen LogP) is 2.92. The Morgan fingerprint density at radius 3 is 2.10 bits per heavy atom. The van der Waals surface area contributed by atoms with E-state index in [0.29, 0.717) is 35.6 Å². The SMILES string of the molecule is [2H]C([2H])([2H])C([2H])([2H])/C(=C(/c1ccc(OCCNC)cc1)c1ccc(O[C@@H]2O[C@H](C(=O)O)[C@@H](O)[C@H](O)[C@H]2O)cc1)c1ccccc1. The van der Waals surface area contributed by atoms with E-state index in [1.807, 2.05) is 0 Å². The molecule has 4 rings (SSSR count). The third-order valence-corrected chi connectivity index (χ3v) is 6.41. The number of hydrogen-bond donors (Lipinski definition) is 5. The Balaban J connectivity index is 1.81. The maximum Gasteiger partial charge on any atom is 0.335 e. The molecule has 0 aromatic heterocycles. The topological polar surface area (TPSA) is 138 Å². The smallest absolute Gasteiger partial charge is 0.335 e. The number of allylic oxidation sites excluding steroid dienone is 1. The Kier molecular flexibility index (Phi) is 7.80. The van der Waals surface area contributed by atoms with Gasteiger partial charge in [-0.25, -0.2) is 4.79 Å². The Morgan fingerprint density at radius 1 is 0.900 bits per heavy atom. The first kappa shape index (κ1) is 23.0. The molecule has 40 heavy (non-hydrogen) atoms. The van der Waals surface area contributed by atoms with Crippen molar-refractivity contribution in [2.45, 2.75) is 43.9 Å². The van der Waals surface area contributed by atoms with E-state index < -0.39 is 49.9 Å². The van der Waals surface area contributed by atoms with Crippen LogP contribution < -0.4 is 14.8 Å². The van der Waals surface area contributed by atoms with E-state index in [9.17, 15) is 25.2 Å². The first-order chi connectivity index (χ1) is 21.3. The third-order valence-electron chi connectivity index (χ3n) is 6.41. The number of carbonyl (C=O) groups is 1. The number of aliphatic hydroxyl groups is 3. The van der Waals surface area contributed by atoms with Crippen molar-refractivity contribution in [1.82, 2.24) is 5.32 Å². The van der Waals surface area contributed by atoms with Crippen LogP contribution in [-0.2, 0) is 9.53 Å². The normalized spacial score (nSPS) is 25.8. The number of benzene rings is 3. The van der Waals surface area contributed by atoms with Gasteiger partial charge in [-0.2, -0.15) is 0 Å². The first-order valence-electron chi connectivity index (χ1n) is 15.1. The zero-order valence-corrected chi connectivity index (χ0v) is 21.7. The minimum atomic E-state index is -3.04. The van der Waals surface area contributed by atoms with Gasteiger partial charge in [0.1, 0.15) is 36.4 Å². The summed E-state index contributed by atoms with van der Waals surface area (Å²) in [5, 5.41) is 42.7. The van der Waals surface area contributed by atoms with Gasteiger partial charge in [-0.1, -0.05) is 61.4 Å². The summed E-state index contributed by atoms with van der Waals surface area (Å²) in [4.78, 5) is 11.5. The van der Waals surface area contributed by atoms with Crippen molar-refractivity contribution in [2.24, 2.45) is 0 Å². The zero-order chi connectivity index (χ0) is 32.9. The van der Waals surface area contributed by atoms with Crippen molar-refractivity contribution < 1.29 is 46.3 Å². The molecule has 5 N–H and O–H groups in total. The van der Waals surface area contributed by atoms with E-state index in [0.717, 1.165) is 0 Å². The molecule has 0 aliphatic carbocycles. The fourth-order valence-corrected chi connectivity index (χ4v) is 4.31. The van der Waals surface area contributed by atoms with Gasteiger partial charge in [0, 0.05) is 13.4 Å². The van der Waals surface area contributed by atoms with Gasteiger partial charge in [0.2, 0.25) is 6.29 Å². The van der Waals surface area contributed by atoms with E-state index >= 15 is 0 Å². The summed E-state index contributed by atoms with van der Waals surface area (Å²) in [5.74, 6) is -0.902. The van der Waals surface area contributed by atoms with Crippen molar-refractivity contribution in [3.8, 4) is 11.5 Å². The highest BCUT2D eigenvalue weighted by Gasteiger charge is 2.48. The monoisotopic (exact) mass is 554 g/mol. The number of carboxylic acids is 1. The van der Waals surface area contributed by atoms with E-state index in [-0.39, 0.29) is 16.9 Å². The minimum Gasteiger partial charge on any atom is -0.492 e. The van der Waals surface area contributed by atoms with Crippen LogP contribution in [0.2, 0.25) is 0 Å². The fraction of sp³-hybridized carbons (Fsp3) is 0.323. The number of ether oxygens (including phenoxy) is 3. The van der Waals surface area contributed by atoms with Gasteiger partial charge < -0.3 is 40.0 Å². The van der Waals surface area contributed by atoms with Gasteiger partial charge >= 0.3 is 5.97 Å². The fourth-order valence-electron chi connectivity index (χ4n) is 4.31. The summed E-state index contributed by atoms with van der Waals surface area (Å²) >= 11 is 0. The molecule has 0 saturated carbocycles. The third kappa shape index (κ3) is 6.70.